The van der Waals surface area contributed by atoms with E-state index >= 15 is 0 Å². The molecule has 1 aliphatic heterocycles. The van der Waals surface area contributed by atoms with Crippen molar-refractivity contribution in [2.75, 3.05) is 53.0 Å². The molecule has 0 radical (unpaired) electrons. The number of benzene rings is 1. The number of rotatable bonds is 8. The summed E-state index contributed by atoms with van der Waals surface area (Å²) in [4.78, 5) is 10.2. The summed E-state index contributed by atoms with van der Waals surface area (Å²) in [6.45, 7) is 9.02. The van der Waals surface area contributed by atoms with Gasteiger partial charge in [0.05, 0.1) is 13.2 Å². The first-order chi connectivity index (χ1) is 13.3. The van der Waals surface area contributed by atoms with E-state index in [0.29, 0.717) is 0 Å². The minimum Gasteiger partial charge on any atom is -0.379 e. The van der Waals surface area contributed by atoms with Crippen LogP contribution >= 0.6 is 24.0 Å². The first-order valence-electron chi connectivity index (χ1n) is 10.1. The fourth-order valence-corrected chi connectivity index (χ4v) is 3.54. The van der Waals surface area contributed by atoms with Gasteiger partial charge in [0, 0.05) is 50.3 Å². The number of H-pyrrole nitrogens is 1. The van der Waals surface area contributed by atoms with Crippen LogP contribution in [0.25, 0.3) is 10.9 Å². The van der Waals surface area contributed by atoms with Crippen molar-refractivity contribution in [3.63, 3.8) is 0 Å². The number of fused-ring (bicyclic) bond motifs is 1. The van der Waals surface area contributed by atoms with E-state index in [-0.39, 0.29) is 24.0 Å². The van der Waals surface area contributed by atoms with Crippen LogP contribution in [0, 0.1) is 6.92 Å². The molecular weight excluding hydrogens is 465 g/mol. The number of aliphatic imine (C=N–C) groups is 1. The van der Waals surface area contributed by atoms with Gasteiger partial charge in [0.25, 0.3) is 0 Å². The monoisotopic (exact) mass is 499 g/mol. The Labute approximate surface area is 185 Å². The summed E-state index contributed by atoms with van der Waals surface area (Å²) in [6.07, 6.45) is 5.45. The van der Waals surface area contributed by atoms with Crippen LogP contribution in [0.1, 0.15) is 24.0 Å². The Balaban J connectivity index is 0.00000280. The highest BCUT2D eigenvalue weighted by Crippen LogP contribution is 2.19. The maximum atomic E-state index is 5.39. The third-order valence-electron chi connectivity index (χ3n) is 5.13. The topological polar surface area (TPSA) is 64.7 Å². The van der Waals surface area contributed by atoms with E-state index in [1.807, 2.05) is 7.05 Å². The van der Waals surface area contributed by atoms with Crippen LogP contribution < -0.4 is 10.6 Å². The molecule has 1 fully saturated rings. The predicted octanol–water partition coefficient (Wildman–Crippen LogP) is 2.91. The first-order valence-corrected chi connectivity index (χ1v) is 10.1. The number of aromatic amines is 1. The number of halogens is 1. The molecule has 6 nitrogen and oxygen atoms in total. The molecule has 0 atom stereocenters. The summed E-state index contributed by atoms with van der Waals surface area (Å²) in [7, 11) is 1.83. The fourth-order valence-electron chi connectivity index (χ4n) is 3.54. The van der Waals surface area contributed by atoms with E-state index in [1.54, 1.807) is 0 Å². The number of morpholine rings is 1. The maximum Gasteiger partial charge on any atom is 0.190 e. The van der Waals surface area contributed by atoms with Crippen LogP contribution in [-0.2, 0) is 11.2 Å². The number of unbranched alkanes of at least 4 members (excludes halogenated alkanes) is 1. The SMILES string of the molecule is CN=C(NCCCCN1CCOCC1)NCCc1c[nH]c2cc(C)ccc12.I. The van der Waals surface area contributed by atoms with Crippen LogP contribution in [0.15, 0.2) is 29.4 Å². The lowest BCUT2D eigenvalue weighted by Gasteiger charge is -2.26. The molecule has 0 unspecified atom stereocenters. The molecule has 1 aromatic heterocycles. The summed E-state index contributed by atoms with van der Waals surface area (Å²) in [5.74, 6) is 0.886. The summed E-state index contributed by atoms with van der Waals surface area (Å²) in [5, 5.41) is 8.16. The number of nitrogens with zero attached hydrogens (tertiary/aromatic N) is 2. The second-order valence-corrected chi connectivity index (χ2v) is 7.20. The van der Waals surface area contributed by atoms with Crippen molar-refractivity contribution >= 4 is 40.8 Å². The van der Waals surface area contributed by atoms with Gasteiger partial charge in [-0.05, 0) is 49.9 Å². The van der Waals surface area contributed by atoms with Crippen molar-refractivity contribution in [1.82, 2.24) is 20.5 Å². The number of aromatic nitrogens is 1. The maximum absolute atomic E-state index is 5.39. The van der Waals surface area contributed by atoms with E-state index in [0.717, 1.165) is 64.7 Å². The summed E-state index contributed by atoms with van der Waals surface area (Å²) in [6, 6.07) is 6.58. The molecule has 2 heterocycles. The molecular formula is C21H34IN5O. The van der Waals surface area contributed by atoms with Gasteiger partial charge in [0.2, 0.25) is 0 Å². The third kappa shape index (κ3) is 6.93. The second kappa shape index (κ2) is 12.3. The van der Waals surface area contributed by atoms with E-state index in [4.69, 9.17) is 4.74 Å². The molecule has 1 saturated heterocycles. The lowest BCUT2D eigenvalue weighted by atomic mass is 10.1. The average Bonchev–Trinajstić information content (AvgIpc) is 3.09. The Morgan fingerprint density at radius 2 is 1.96 bits per heavy atom. The lowest BCUT2D eigenvalue weighted by molar-refractivity contribution is 0.0372. The van der Waals surface area contributed by atoms with Crippen molar-refractivity contribution in [3.05, 3.63) is 35.5 Å². The molecule has 0 amide bonds. The van der Waals surface area contributed by atoms with Crippen LogP contribution in [-0.4, -0.2) is 68.8 Å². The zero-order valence-electron chi connectivity index (χ0n) is 17.1. The van der Waals surface area contributed by atoms with Crippen LogP contribution in [0.5, 0.6) is 0 Å². The predicted molar refractivity (Wildman–Crippen MR) is 128 cm³/mol. The van der Waals surface area contributed by atoms with Gasteiger partial charge in [-0.1, -0.05) is 12.1 Å². The van der Waals surface area contributed by atoms with Crippen molar-refractivity contribution < 1.29 is 4.74 Å². The number of guanidine groups is 1. The van der Waals surface area contributed by atoms with Gasteiger partial charge in [0.1, 0.15) is 0 Å². The molecule has 0 aliphatic carbocycles. The van der Waals surface area contributed by atoms with Gasteiger partial charge in [-0.15, -0.1) is 24.0 Å². The minimum atomic E-state index is 0. The zero-order chi connectivity index (χ0) is 18.9. The van der Waals surface area contributed by atoms with Crippen molar-refractivity contribution in [2.45, 2.75) is 26.2 Å². The highest BCUT2D eigenvalue weighted by atomic mass is 127. The van der Waals surface area contributed by atoms with Crippen LogP contribution in [0.4, 0.5) is 0 Å². The molecule has 0 spiro atoms. The van der Waals surface area contributed by atoms with Crippen molar-refractivity contribution in [2.24, 2.45) is 4.99 Å². The van der Waals surface area contributed by atoms with Gasteiger partial charge in [-0.2, -0.15) is 0 Å². The largest absolute Gasteiger partial charge is 0.379 e. The Kier molecular flexibility index (Phi) is 10.1. The fraction of sp³-hybridized carbons (Fsp3) is 0.571. The van der Waals surface area contributed by atoms with Crippen molar-refractivity contribution in [1.29, 1.82) is 0 Å². The molecule has 3 N–H and O–H groups in total. The molecule has 156 valence electrons. The quantitative estimate of drug-likeness (QED) is 0.226. The number of ether oxygens (including phenoxy) is 1. The van der Waals surface area contributed by atoms with Gasteiger partial charge in [0.15, 0.2) is 5.96 Å². The number of hydrogen-bond acceptors (Lipinski definition) is 3. The Hall–Kier alpha value is -1.32. The van der Waals surface area contributed by atoms with Crippen LogP contribution in [0.2, 0.25) is 0 Å². The lowest BCUT2D eigenvalue weighted by Crippen LogP contribution is -2.39. The average molecular weight is 499 g/mol. The third-order valence-corrected chi connectivity index (χ3v) is 5.13. The molecule has 3 rings (SSSR count). The Bertz CT molecular complexity index is 739. The van der Waals surface area contributed by atoms with Gasteiger partial charge < -0.3 is 20.4 Å². The second-order valence-electron chi connectivity index (χ2n) is 7.20. The Morgan fingerprint density at radius 1 is 1.18 bits per heavy atom. The van der Waals surface area contributed by atoms with Gasteiger partial charge >= 0.3 is 0 Å². The van der Waals surface area contributed by atoms with E-state index in [9.17, 15) is 0 Å². The standard InChI is InChI=1S/C21H33N5O.HI/c1-17-5-6-19-18(16-25-20(19)15-17)7-9-24-21(22-2)23-8-3-4-10-26-11-13-27-14-12-26;/h5-6,15-16,25H,3-4,7-14H2,1-2H3,(H2,22,23,24);1H. The highest BCUT2D eigenvalue weighted by Gasteiger charge is 2.09. The first kappa shape index (κ1) is 23.0. The minimum absolute atomic E-state index is 0. The summed E-state index contributed by atoms with van der Waals surface area (Å²) >= 11 is 0. The molecule has 0 bridgehead atoms. The zero-order valence-corrected chi connectivity index (χ0v) is 19.4. The number of hydrogen-bond donors (Lipinski definition) is 3. The molecule has 1 aliphatic rings. The molecule has 0 saturated carbocycles. The van der Waals surface area contributed by atoms with E-state index in [2.05, 4.69) is 56.8 Å². The van der Waals surface area contributed by atoms with E-state index in [1.165, 1.54) is 28.5 Å². The van der Waals surface area contributed by atoms with Crippen molar-refractivity contribution in [3.8, 4) is 0 Å². The summed E-state index contributed by atoms with van der Waals surface area (Å²) < 4.78 is 5.39. The summed E-state index contributed by atoms with van der Waals surface area (Å²) in [5.41, 5.74) is 3.85. The molecule has 2 aromatic rings. The van der Waals surface area contributed by atoms with E-state index < -0.39 is 0 Å². The van der Waals surface area contributed by atoms with Gasteiger partial charge in [-0.25, -0.2) is 0 Å². The number of aryl methyl sites for hydroxylation is 1. The smallest absolute Gasteiger partial charge is 0.190 e. The molecule has 7 heteroatoms. The number of nitrogens with one attached hydrogen (secondary N) is 3. The Morgan fingerprint density at radius 3 is 2.75 bits per heavy atom. The highest BCUT2D eigenvalue weighted by molar-refractivity contribution is 14.0. The molecule has 1 aromatic carbocycles. The van der Waals surface area contributed by atoms with Gasteiger partial charge in [-0.3, -0.25) is 9.89 Å². The normalized spacial score (nSPS) is 15.4. The molecule has 28 heavy (non-hydrogen) atoms. The van der Waals surface area contributed by atoms with Crippen LogP contribution in [0.3, 0.4) is 0 Å².